The lowest BCUT2D eigenvalue weighted by Crippen LogP contribution is -2.04. The molecule has 1 aromatic carbocycles. The van der Waals surface area contributed by atoms with Crippen molar-refractivity contribution in [3.8, 4) is 5.82 Å². The van der Waals surface area contributed by atoms with Crippen LogP contribution >= 0.6 is 0 Å². The van der Waals surface area contributed by atoms with Crippen molar-refractivity contribution in [3.63, 3.8) is 0 Å². The molecule has 0 spiro atoms. The van der Waals surface area contributed by atoms with E-state index in [1.807, 2.05) is 53.5 Å². The summed E-state index contributed by atoms with van der Waals surface area (Å²) in [6, 6.07) is 12.1. The fourth-order valence-electron chi connectivity index (χ4n) is 2.01. The first-order valence-corrected chi connectivity index (χ1v) is 5.96. The SMILES string of the molecule is NCCc1ccc(-n2ncc3ccccc32)nc1. The predicted octanol–water partition coefficient (Wildman–Crippen LogP) is 1.92. The number of aromatic nitrogens is 3. The lowest BCUT2D eigenvalue weighted by Gasteiger charge is -2.03. The summed E-state index contributed by atoms with van der Waals surface area (Å²) < 4.78 is 1.85. The number of fused-ring (bicyclic) bond motifs is 1. The quantitative estimate of drug-likeness (QED) is 0.758. The Balaban J connectivity index is 2.03. The number of hydrogen-bond acceptors (Lipinski definition) is 3. The lowest BCUT2D eigenvalue weighted by molar-refractivity contribution is 0.866. The molecule has 2 aromatic heterocycles. The normalized spacial score (nSPS) is 10.9. The number of hydrogen-bond donors (Lipinski definition) is 1. The van der Waals surface area contributed by atoms with Gasteiger partial charge in [-0.15, -0.1) is 0 Å². The maximum absolute atomic E-state index is 5.52. The van der Waals surface area contributed by atoms with E-state index in [4.69, 9.17) is 5.73 Å². The van der Waals surface area contributed by atoms with Gasteiger partial charge in [0, 0.05) is 11.6 Å². The van der Waals surface area contributed by atoms with Gasteiger partial charge in [0.25, 0.3) is 0 Å². The summed E-state index contributed by atoms with van der Waals surface area (Å²) >= 11 is 0. The zero-order valence-electron chi connectivity index (χ0n) is 9.95. The summed E-state index contributed by atoms with van der Waals surface area (Å²) in [7, 11) is 0. The molecule has 0 saturated heterocycles. The minimum atomic E-state index is 0.645. The third-order valence-electron chi connectivity index (χ3n) is 2.94. The molecule has 0 unspecified atom stereocenters. The van der Waals surface area contributed by atoms with Crippen molar-refractivity contribution < 1.29 is 0 Å². The van der Waals surface area contributed by atoms with Crippen LogP contribution in [0, 0.1) is 0 Å². The number of nitrogens with zero attached hydrogens (tertiary/aromatic N) is 3. The molecule has 0 aliphatic carbocycles. The molecule has 0 radical (unpaired) electrons. The van der Waals surface area contributed by atoms with E-state index in [9.17, 15) is 0 Å². The largest absolute Gasteiger partial charge is 0.330 e. The topological polar surface area (TPSA) is 56.7 Å². The van der Waals surface area contributed by atoms with Crippen LogP contribution in [0.25, 0.3) is 16.7 Å². The van der Waals surface area contributed by atoms with Crippen LogP contribution < -0.4 is 5.73 Å². The monoisotopic (exact) mass is 238 g/mol. The Hall–Kier alpha value is -2.20. The van der Waals surface area contributed by atoms with Crippen LogP contribution in [0.15, 0.2) is 48.8 Å². The first-order chi connectivity index (χ1) is 8.88. The zero-order chi connectivity index (χ0) is 12.4. The van der Waals surface area contributed by atoms with E-state index in [0.717, 1.165) is 28.7 Å². The standard InChI is InChI=1S/C14H14N4/c15-8-7-11-5-6-14(16-9-11)18-13-4-2-1-3-12(13)10-17-18/h1-6,9-10H,7-8,15H2. The van der Waals surface area contributed by atoms with Crippen LogP contribution in [0.3, 0.4) is 0 Å². The molecule has 4 heteroatoms. The van der Waals surface area contributed by atoms with E-state index in [-0.39, 0.29) is 0 Å². The Morgan fingerprint density at radius 1 is 1.06 bits per heavy atom. The van der Waals surface area contributed by atoms with Gasteiger partial charge in [-0.25, -0.2) is 9.67 Å². The summed E-state index contributed by atoms with van der Waals surface area (Å²) in [4.78, 5) is 4.43. The molecular formula is C14H14N4. The molecule has 0 fully saturated rings. The smallest absolute Gasteiger partial charge is 0.153 e. The summed E-state index contributed by atoms with van der Waals surface area (Å²) in [5.41, 5.74) is 7.74. The van der Waals surface area contributed by atoms with Gasteiger partial charge in [-0.1, -0.05) is 24.3 Å². The molecule has 2 N–H and O–H groups in total. The van der Waals surface area contributed by atoms with Crippen LogP contribution in [0.1, 0.15) is 5.56 Å². The lowest BCUT2D eigenvalue weighted by atomic mass is 10.2. The minimum Gasteiger partial charge on any atom is -0.330 e. The minimum absolute atomic E-state index is 0.645. The van der Waals surface area contributed by atoms with Crippen molar-refractivity contribution >= 4 is 10.9 Å². The molecule has 2 heterocycles. The van der Waals surface area contributed by atoms with Gasteiger partial charge in [-0.3, -0.25) is 0 Å². The third kappa shape index (κ3) is 1.87. The van der Waals surface area contributed by atoms with E-state index < -0.39 is 0 Å². The highest BCUT2D eigenvalue weighted by atomic mass is 15.3. The van der Waals surface area contributed by atoms with Crippen molar-refractivity contribution in [1.29, 1.82) is 0 Å². The van der Waals surface area contributed by atoms with Gasteiger partial charge in [-0.2, -0.15) is 5.10 Å². The van der Waals surface area contributed by atoms with Crippen molar-refractivity contribution in [1.82, 2.24) is 14.8 Å². The van der Waals surface area contributed by atoms with Crippen molar-refractivity contribution in [2.75, 3.05) is 6.54 Å². The molecule has 0 aliphatic rings. The molecule has 0 amide bonds. The second-order valence-electron chi connectivity index (χ2n) is 4.18. The summed E-state index contributed by atoms with van der Waals surface area (Å²) in [6.07, 6.45) is 4.57. The molecular weight excluding hydrogens is 224 g/mol. The van der Waals surface area contributed by atoms with E-state index in [1.54, 1.807) is 0 Å². The predicted molar refractivity (Wildman–Crippen MR) is 71.6 cm³/mol. The first kappa shape index (κ1) is 10.9. The Morgan fingerprint density at radius 3 is 2.72 bits per heavy atom. The molecule has 18 heavy (non-hydrogen) atoms. The highest BCUT2D eigenvalue weighted by molar-refractivity contribution is 5.79. The van der Waals surface area contributed by atoms with Crippen molar-refractivity contribution in [2.45, 2.75) is 6.42 Å². The summed E-state index contributed by atoms with van der Waals surface area (Å²) in [5.74, 6) is 0.831. The second kappa shape index (κ2) is 4.58. The number of nitrogens with two attached hydrogens (primary N) is 1. The molecule has 0 saturated carbocycles. The Kier molecular flexibility index (Phi) is 2.78. The van der Waals surface area contributed by atoms with Crippen LogP contribution in [-0.2, 0) is 6.42 Å². The van der Waals surface area contributed by atoms with Crippen molar-refractivity contribution in [3.05, 3.63) is 54.4 Å². The molecule has 0 atom stereocenters. The Labute approximate surface area is 105 Å². The number of pyridine rings is 1. The Morgan fingerprint density at radius 2 is 1.94 bits per heavy atom. The maximum atomic E-state index is 5.52. The fraction of sp³-hybridized carbons (Fsp3) is 0.143. The van der Waals surface area contributed by atoms with E-state index in [1.165, 1.54) is 0 Å². The zero-order valence-corrected chi connectivity index (χ0v) is 9.95. The molecule has 0 bridgehead atoms. The average Bonchev–Trinajstić information content (AvgIpc) is 2.84. The van der Waals surface area contributed by atoms with Gasteiger partial charge in [-0.05, 0) is 30.7 Å². The first-order valence-electron chi connectivity index (χ1n) is 5.96. The van der Waals surface area contributed by atoms with Crippen LogP contribution in [-0.4, -0.2) is 21.3 Å². The van der Waals surface area contributed by atoms with Crippen molar-refractivity contribution in [2.24, 2.45) is 5.73 Å². The highest BCUT2D eigenvalue weighted by Gasteiger charge is 2.04. The van der Waals surface area contributed by atoms with E-state index >= 15 is 0 Å². The van der Waals surface area contributed by atoms with Crippen LogP contribution in [0.5, 0.6) is 0 Å². The highest BCUT2D eigenvalue weighted by Crippen LogP contribution is 2.16. The maximum Gasteiger partial charge on any atom is 0.153 e. The molecule has 0 aliphatic heterocycles. The van der Waals surface area contributed by atoms with E-state index in [0.29, 0.717) is 6.54 Å². The van der Waals surface area contributed by atoms with Crippen LogP contribution in [0.4, 0.5) is 0 Å². The summed E-state index contributed by atoms with van der Waals surface area (Å²) in [6.45, 7) is 0.645. The average molecular weight is 238 g/mol. The van der Waals surface area contributed by atoms with E-state index in [2.05, 4.69) is 10.1 Å². The van der Waals surface area contributed by atoms with Gasteiger partial charge in [0.1, 0.15) is 0 Å². The van der Waals surface area contributed by atoms with Gasteiger partial charge in [0.05, 0.1) is 11.7 Å². The second-order valence-corrected chi connectivity index (χ2v) is 4.18. The number of benzene rings is 1. The Bertz CT molecular complexity index is 655. The number of rotatable bonds is 3. The fourth-order valence-corrected chi connectivity index (χ4v) is 2.01. The van der Waals surface area contributed by atoms with Gasteiger partial charge >= 0.3 is 0 Å². The van der Waals surface area contributed by atoms with Crippen LogP contribution in [0.2, 0.25) is 0 Å². The van der Waals surface area contributed by atoms with Gasteiger partial charge < -0.3 is 5.73 Å². The molecule has 3 aromatic rings. The van der Waals surface area contributed by atoms with Gasteiger partial charge in [0.2, 0.25) is 0 Å². The summed E-state index contributed by atoms with van der Waals surface area (Å²) in [5, 5.41) is 5.49. The van der Waals surface area contributed by atoms with Gasteiger partial charge in [0.15, 0.2) is 5.82 Å². The molecule has 90 valence electrons. The third-order valence-corrected chi connectivity index (χ3v) is 2.94. The number of para-hydroxylation sites is 1. The molecule has 3 rings (SSSR count). The molecule has 4 nitrogen and oxygen atoms in total.